The van der Waals surface area contributed by atoms with Crippen molar-refractivity contribution in [2.75, 3.05) is 6.54 Å². The van der Waals surface area contributed by atoms with Crippen molar-refractivity contribution < 1.29 is 14.3 Å². The molecule has 6 nitrogen and oxygen atoms in total. The second-order valence-corrected chi connectivity index (χ2v) is 3.54. The third-order valence-electron chi connectivity index (χ3n) is 2.37. The molecule has 17 heavy (non-hydrogen) atoms. The molecule has 0 amide bonds. The highest BCUT2D eigenvalue weighted by atomic mass is 16.4. The zero-order chi connectivity index (χ0) is 12.1. The van der Waals surface area contributed by atoms with E-state index < -0.39 is 5.97 Å². The average Bonchev–Trinajstić information content (AvgIpc) is 2.95. The monoisotopic (exact) mass is 235 g/mol. The number of hydrogen-bond acceptors (Lipinski definition) is 4. The van der Waals surface area contributed by atoms with Gasteiger partial charge in [0.25, 0.3) is 0 Å². The quantitative estimate of drug-likeness (QED) is 0.729. The van der Waals surface area contributed by atoms with Crippen LogP contribution < -0.4 is 5.32 Å². The lowest BCUT2D eigenvalue weighted by atomic mass is 10.2. The van der Waals surface area contributed by atoms with Crippen molar-refractivity contribution in [2.45, 2.75) is 13.1 Å². The summed E-state index contributed by atoms with van der Waals surface area (Å²) < 4.78 is 7.04. The van der Waals surface area contributed by atoms with Crippen molar-refractivity contribution in [3.63, 3.8) is 0 Å². The van der Waals surface area contributed by atoms with Gasteiger partial charge in [0.15, 0.2) is 0 Å². The van der Waals surface area contributed by atoms with Gasteiger partial charge in [0.05, 0.1) is 19.1 Å². The molecule has 0 radical (unpaired) electrons. The van der Waals surface area contributed by atoms with E-state index in [9.17, 15) is 4.79 Å². The lowest BCUT2D eigenvalue weighted by molar-refractivity contribution is 0.0694. The summed E-state index contributed by atoms with van der Waals surface area (Å²) in [7, 11) is 0. The minimum atomic E-state index is -0.967. The Hall–Kier alpha value is -2.08. The molecule has 2 N–H and O–H groups in total. The molecule has 0 aliphatic rings. The molecule has 0 aromatic carbocycles. The summed E-state index contributed by atoms with van der Waals surface area (Å²) in [6, 6.07) is 1.45. The Labute approximate surface area is 97.9 Å². The molecular weight excluding hydrogens is 222 g/mol. The Morgan fingerprint density at radius 1 is 1.59 bits per heavy atom. The number of carboxylic acid groups (broad SMARTS) is 1. The first kappa shape index (κ1) is 11.4. The van der Waals surface area contributed by atoms with Crippen LogP contribution in [0.1, 0.15) is 16.1 Å². The fraction of sp³-hybridized carbons (Fsp3) is 0.273. The molecule has 0 unspecified atom stereocenters. The minimum absolute atomic E-state index is 0.208. The van der Waals surface area contributed by atoms with E-state index >= 15 is 0 Å². The summed E-state index contributed by atoms with van der Waals surface area (Å²) in [5.41, 5.74) is 0.208. The van der Waals surface area contributed by atoms with E-state index in [4.69, 9.17) is 9.52 Å². The molecule has 2 aromatic rings. The number of carbonyl (C=O) groups is 1. The molecule has 90 valence electrons. The zero-order valence-corrected chi connectivity index (χ0v) is 9.17. The summed E-state index contributed by atoms with van der Waals surface area (Å²) in [5, 5.41) is 12.0. The lowest BCUT2D eigenvalue weighted by Crippen LogP contribution is -2.19. The number of rotatable bonds is 6. The van der Waals surface area contributed by atoms with E-state index in [1.807, 2.05) is 10.8 Å². The van der Waals surface area contributed by atoms with Gasteiger partial charge in [-0.05, 0) is 6.07 Å². The molecule has 2 rings (SSSR count). The van der Waals surface area contributed by atoms with Gasteiger partial charge < -0.3 is 19.4 Å². The van der Waals surface area contributed by atoms with Crippen molar-refractivity contribution >= 4 is 5.97 Å². The predicted molar refractivity (Wildman–Crippen MR) is 59.6 cm³/mol. The summed E-state index contributed by atoms with van der Waals surface area (Å²) in [4.78, 5) is 14.7. The first-order chi connectivity index (χ1) is 8.27. The molecule has 2 aromatic heterocycles. The van der Waals surface area contributed by atoms with Gasteiger partial charge in [0, 0.05) is 25.5 Å². The van der Waals surface area contributed by atoms with Gasteiger partial charge in [-0.1, -0.05) is 0 Å². The molecule has 2 heterocycles. The number of imidazole rings is 1. The topological polar surface area (TPSA) is 80.3 Å². The van der Waals surface area contributed by atoms with Crippen LogP contribution in [0.3, 0.4) is 0 Å². The van der Waals surface area contributed by atoms with Crippen LogP contribution in [0.25, 0.3) is 0 Å². The summed E-state index contributed by atoms with van der Waals surface area (Å²) in [6.07, 6.45) is 6.71. The van der Waals surface area contributed by atoms with Crippen LogP contribution in [-0.4, -0.2) is 27.2 Å². The number of nitrogens with one attached hydrogen (secondary N) is 1. The van der Waals surface area contributed by atoms with Crippen LogP contribution in [-0.2, 0) is 13.1 Å². The lowest BCUT2D eigenvalue weighted by Gasteiger charge is -2.04. The Balaban J connectivity index is 1.78. The number of nitrogens with zero attached hydrogens (tertiary/aromatic N) is 2. The van der Waals surface area contributed by atoms with Gasteiger partial charge in [-0.25, -0.2) is 9.78 Å². The van der Waals surface area contributed by atoms with Crippen LogP contribution in [0.15, 0.2) is 35.5 Å². The Morgan fingerprint density at radius 2 is 2.47 bits per heavy atom. The molecule has 0 aliphatic heterocycles. The number of aromatic nitrogens is 2. The highest BCUT2D eigenvalue weighted by molar-refractivity contribution is 5.88. The summed E-state index contributed by atoms with van der Waals surface area (Å²) in [5.74, 6) is -0.520. The Morgan fingerprint density at radius 3 is 3.18 bits per heavy atom. The Bertz CT molecular complexity index is 476. The fourth-order valence-electron chi connectivity index (χ4n) is 1.50. The zero-order valence-electron chi connectivity index (χ0n) is 9.17. The van der Waals surface area contributed by atoms with E-state index in [0.29, 0.717) is 12.3 Å². The summed E-state index contributed by atoms with van der Waals surface area (Å²) in [6.45, 7) is 1.91. The molecule has 0 atom stereocenters. The Kier molecular flexibility index (Phi) is 3.56. The molecule has 0 saturated carbocycles. The number of carboxylic acids is 1. The van der Waals surface area contributed by atoms with E-state index in [1.54, 1.807) is 12.5 Å². The van der Waals surface area contributed by atoms with Crippen LogP contribution in [0.2, 0.25) is 0 Å². The number of aromatic carboxylic acids is 1. The normalized spacial score (nSPS) is 10.6. The van der Waals surface area contributed by atoms with Crippen LogP contribution in [0, 0.1) is 0 Å². The minimum Gasteiger partial charge on any atom is -0.478 e. The van der Waals surface area contributed by atoms with Crippen molar-refractivity contribution in [1.82, 2.24) is 14.9 Å². The van der Waals surface area contributed by atoms with Gasteiger partial charge in [-0.15, -0.1) is 0 Å². The molecule has 0 saturated heterocycles. The maximum absolute atomic E-state index is 10.8. The highest BCUT2D eigenvalue weighted by Gasteiger charge is 2.12. The molecule has 0 spiro atoms. The van der Waals surface area contributed by atoms with Crippen LogP contribution >= 0.6 is 0 Å². The van der Waals surface area contributed by atoms with Crippen molar-refractivity contribution in [2.24, 2.45) is 0 Å². The summed E-state index contributed by atoms with van der Waals surface area (Å²) >= 11 is 0. The SMILES string of the molecule is O=C(O)c1ccoc1CNCCn1ccnc1. The van der Waals surface area contributed by atoms with E-state index in [2.05, 4.69) is 10.3 Å². The first-order valence-electron chi connectivity index (χ1n) is 5.23. The maximum atomic E-state index is 10.8. The second-order valence-electron chi connectivity index (χ2n) is 3.54. The number of furan rings is 1. The predicted octanol–water partition coefficient (Wildman–Crippen LogP) is 0.964. The second kappa shape index (κ2) is 5.31. The van der Waals surface area contributed by atoms with Gasteiger partial charge in [0.1, 0.15) is 11.3 Å². The van der Waals surface area contributed by atoms with Gasteiger partial charge in [-0.3, -0.25) is 0 Å². The standard InChI is InChI=1S/C11H13N3O3/c15-11(16)9-1-6-17-10(9)7-12-2-4-14-5-3-13-8-14/h1,3,5-6,8,12H,2,4,7H2,(H,15,16). The van der Waals surface area contributed by atoms with Gasteiger partial charge >= 0.3 is 5.97 Å². The average molecular weight is 235 g/mol. The third-order valence-corrected chi connectivity index (χ3v) is 2.37. The van der Waals surface area contributed by atoms with Crippen LogP contribution in [0.4, 0.5) is 0 Å². The molecule has 0 aliphatic carbocycles. The molecule has 0 fully saturated rings. The van der Waals surface area contributed by atoms with Gasteiger partial charge in [0.2, 0.25) is 0 Å². The van der Waals surface area contributed by atoms with E-state index in [0.717, 1.165) is 13.1 Å². The van der Waals surface area contributed by atoms with Crippen molar-refractivity contribution in [1.29, 1.82) is 0 Å². The maximum Gasteiger partial charge on any atom is 0.339 e. The van der Waals surface area contributed by atoms with E-state index in [1.165, 1.54) is 12.3 Å². The van der Waals surface area contributed by atoms with Crippen molar-refractivity contribution in [3.8, 4) is 0 Å². The number of hydrogen-bond donors (Lipinski definition) is 2. The third kappa shape index (κ3) is 2.94. The van der Waals surface area contributed by atoms with E-state index in [-0.39, 0.29) is 5.56 Å². The highest BCUT2D eigenvalue weighted by Crippen LogP contribution is 2.09. The fourth-order valence-corrected chi connectivity index (χ4v) is 1.50. The molecule has 6 heteroatoms. The molecular formula is C11H13N3O3. The molecule has 0 bridgehead atoms. The smallest absolute Gasteiger partial charge is 0.339 e. The first-order valence-corrected chi connectivity index (χ1v) is 5.23. The van der Waals surface area contributed by atoms with Crippen molar-refractivity contribution in [3.05, 3.63) is 42.4 Å². The largest absolute Gasteiger partial charge is 0.478 e. The van der Waals surface area contributed by atoms with Crippen LogP contribution in [0.5, 0.6) is 0 Å². The van der Waals surface area contributed by atoms with Gasteiger partial charge in [-0.2, -0.15) is 0 Å².